The van der Waals surface area contributed by atoms with Gasteiger partial charge < -0.3 is 34.2 Å². The fraction of sp³-hybridized carbons (Fsp3) is 0.168. The Bertz CT molecular complexity index is 7150. The average molecular weight is 1760 g/mol. The van der Waals surface area contributed by atoms with Crippen LogP contribution in [0.4, 0.5) is 5.69 Å². The van der Waals surface area contributed by atoms with E-state index in [9.17, 15) is 38.4 Å². The first kappa shape index (κ1) is 93.0. The highest BCUT2D eigenvalue weighted by Gasteiger charge is 2.19. The Balaban J connectivity index is 0.000000150. The number of anilines is 1. The Morgan fingerprint density at radius 2 is 0.659 bits per heavy atom. The number of allylic oxidation sites excluding steroid dienone is 2. The molecule has 0 radical (unpaired) electrons. The number of carbonyl (C=O) groups excluding carboxylic acids is 4. The van der Waals surface area contributed by atoms with Gasteiger partial charge in [-0.3, -0.25) is 51.8 Å². The molecule has 0 aliphatic carbocycles. The van der Waals surface area contributed by atoms with Crippen molar-refractivity contribution < 1.29 is 33.4 Å². The summed E-state index contributed by atoms with van der Waals surface area (Å²) in [6.07, 6.45) is 25.3. The van der Waals surface area contributed by atoms with Crippen LogP contribution < -0.4 is 41.8 Å². The Kier molecular flexibility index (Phi) is 31.8. The standard InChI is InChI=1S/C27H27N5O3.C26H25N5O2.C25H24N6O2.C23H18N4O4/c1-31(2)13-5-8-22(33)15-20-6-4-7-21(14-20)32-26(34)18-28-24-17-29-25(30-27(24)32)16-19-9-11-23(35-3)12-10-19;1-30(2)13-7-12-22(32)15-20-10-6-11-21(14-20)31-25(33)18-27-23-17-28-24(29-26(23)31)16-19-8-4-3-5-9-19;1-30(2)14-6-9-23(32)28-19-10-12-20(13-11-19)31-24(33)17-26-21-16-27-22(29-25(21)31)15-18-7-4-3-5-8-18;1-3-22(29)31-18-10-6-16(7-11-18)27-21(28)14-24-19-13-25-20(26-23(19)27)12-15-4-8-17(30-2)9-5-15/h4-12,14,17-18H,13,15-16H2,1-3H3;3-12,14,17-18H,13,15-16H2,1-2H3;3-13,16-17H,14-15H2,1-2H3,(H,28,32);3-11,13-14H,1,12H2,2H3/b8-5+;12-7+;9-6+;. The summed E-state index contributed by atoms with van der Waals surface area (Å²) in [5.41, 5.74) is 11.4. The third kappa shape index (κ3) is 25.8. The van der Waals surface area contributed by atoms with Gasteiger partial charge in [0.1, 0.15) is 62.6 Å². The maximum absolute atomic E-state index is 12.9. The van der Waals surface area contributed by atoms with E-state index in [1.54, 1.807) is 106 Å². The van der Waals surface area contributed by atoms with Gasteiger partial charge in [-0.25, -0.2) is 64.6 Å². The van der Waals surface area contributed by atoms with Crippen LogP contribution in [0.15, 0.2) is 324 Å². The van der Waals surface area contributed by atoms with E-state index in [2.05, 4.69) is 71.7 Å². The van der Waals surface area contributed by atoms with Crippen molar-refractivity contribution in [1.82, 2.24) is 92.8 Å². The lowest BCUT2D eigenvalue weighted by molar-refractivity contribution is -0.129. The summed E-state index contributed by atoms with van der Waals surface area (Å²) in [5, 5.41) is 2.81. The molecule has 0 atom stereocenters. The van der Waals surface area contributed by atoms with Gasteiger partial charge in [0.15, 0.2) is 34.2 Å². The number of ketones is 2. The lowest BCUT2D eigenvalue weighted by atomic mass is 10.1. The van der Waals surface area contributed by atoms with Crippen molar-refractivity contribution in [3.63, 3.8) is 0 Å². The van der Waals surface area contributed by atoms with E-state index in [-0.39, 0.29) is 52.6 Å². The van der Waals surface area contributed by atoms with E-state index in [0.29, 0.717) is 147 Å². The number of rotatable bonds is 30. The number of nitrogens with one attached hydrogen (secondary N) is 1. The summed E-state index contributed by atoms with van der Waals surface area (Å²) in [5.74, 6) is 3.45. The monoisotopic (exact) mass is 1760 g/mol. The zero-order valence-electron chi connectivity index (χ0n) is 73.8. The first-order valence-electron chi connectivity index (χ1n) is 41.8. The van der Waals surface area contributed by atoms with Crippen molar-refractivity contribution in [2.24, 2.45) is 0 Å². The molecular formula is C101H94N20O11. The smallest absolute Gasteiger partial charge is 0.335 e. The fourth-order valence-corrected chi connectivity index (χ4v) is 13.5. The van der Waals surface area contributed by atoms with E-state index in [1.807, 2.05) is 227 Å². The zero-order chi connectivity index (χ0) is 93.0. The molecule has 1 N–H and O–H groups in total. The van der Waals surface area contributed by atoms with E-state index in [0.717, 1.165) is 51.0 Å². The molecule has 8 aromatic carbocycles. The number of methoxy groups -OCH3 is 2. The number of nitrogens with zero attached hydrogens (tertiary/aromatic N) is 19. The van der Waals surface area contributed by atoms with Crippen molar-refractivity contribution in [2.45, 2.75) is 38.5 Å². The summed E-state index contributed by atoms with van der Waals surface area (Å²) in [4.78, 5) is 158. The van der Waals surface area contributed by atoms with Crippen molar-refractivity contribution in [3.05, 3.63) is 403 Å². The zero-order valence-corrected chi connectivity index (χ0v) is 73.8. The molecule has 0 saturated carbocycles. The minimum absolute atomic E-state index is 0.0000335. The molecule has 8 aromatic heterocycles. The second-order valence-corrected chi connectivity index (χ2v) is 30.9. The molecule has 1 amide bonds. The van der Waals surface area contributed by atoms with Crippen LogP contribution in [0.5, 0.6) is 17.2 Å². The molecule has 0 spiro atoms. The lowest BCUT2D eigenvalue weighted by Gasteiger charge is -2.11. The number of fused-ring (bicyclic) bond motifs is 4. The van der Waals surface area contributed by atoms with Crippen LogP contribution in [-0.2, 0) is 57.7 Å². The topological polar surface area (TPSA) is 360 Å². The van der Waals surface area contributed by atoms with Gasteiger partial charge in [-0.05, 0) is 185 Å². The maximum Gasteiger partial charge on any atom is 0.335 e. The number of esters is 1. The van der Waals surface area contributed by atoms with Crippen LogP contribution in [0, 0.1) is 0 Å². The van der Waals surface area contributed by atoms with Crippen molar-refractivity contribution in [1.29, 1.82) is 0 Å². The third-order valence-electron chi connectivity index (χ3n) is 19.9. The quantitative estimate of drug-likeness (QED) is 0.0248. The third-order valence-corrected chi connectivity index (χ3v) is 19.9. The Morgan fingerprint density at radius 3 is 0.992 bits per heavy atom. The summed E-state index contributed by atoms with van der Waals surface area (Å²) >= 11 is 0. The SMILES string of the molecule is C=CC(=O)Oc1ccc(-n2c(=O)cnc3cnc(Cc4ccc(OC)cc4)nc32)cc1.CN(C)C/C=C/C(=O)Cc1cccc(-n2c(=O)cnc3cnc(Cc4ccccc4)nc32)c1.CN(C)C/C=C/C(=O)Nc1ccc(-n2c(=O)cnc3cnc(Cc4ccccc4)nc32)cc1.COc1ccc(Cc2ncc3ncc(=O)n(-c4cccc(CC(=O)/C=C/CN(C)C)c4)c3n2)cc1. The lowest BCUT2D eigenvalue weighted by Crippen LogP contribution is -2.20. The molecule has 0 fully saturated rings. The molecule has 0 unspecified atom stereocenters. The number of aromatic nitrogens is 16. The van der Waals surface area contributed by atoms with Gasteiger partial charge in [-0.1, -0.05) is 134 Å². The summed E-state index contributed by atoms with van der Waals surface area (Å²) in [6, 6.07) is 63.4. The molecule has 16 aromatic rings. The molecule has 0 aliphatic rings. The van der Waals surface area contributed by atoms with Crippen molar-refractivity contribution >= 4 is 73.8 Å². The van der Waals surface area contributed by atoms with E-state index in [4.69, 9.17) is 14.2 Å². The Morgan fingerprint density at radius 1 is 0.348 bits per heavy atom. The molecule has 664 valence electrons. The molecule has 0 saturated heterocycles. The van der Waals surface area contributed by atoms with Crippen molar-refractivity contribution in [2.75, 3.05) is 81.5 Å². The first-order chi connectivity index (χ1) is 64.0. The predicted octanol–water partition coefficient (Wildman–Crippen LogP) is 11.7. The highest BCUT2D eigenvalue weighted by atomic mass is 16.5. The number of likely N-dealkylation sites (N-methyl/N-ethyl adjacent to an activating group) is 3. The Hall–Kier alpha value is -16.6. The highest BCUT2D eigenvalue weighted by molar-refractivity contribution is 5.99. The van der Waals surface area contributed by atoms with Crippen LogP contribution in [0.25, 0.3) is 67.4 Å². The summed E-state index contributed by atoms with van der Waals surface area (Å²) < 4.78 is 21.5. The number of benzene rings is 8. The molecule has 31 nitrogen and oxygen atoms in total. The molecular weight excluding hydrogens is 1670 g/mol. The second-order valence-electron chi connectivity index (χ2n) is 30.9. The maximum atomic E-state index is 12.9. The van der Waals surface area contributed by atoms with Gasteiger partial charge >= 0.3 is 5.97 Å². The largest absolute Gasteiger partial charge is 0.497 e. The van der Waals surface area contributed by atoms with Gasteiger partial charge in [0.05, 0.1) is 86.5 Å². The second kappa shape index (κ2) is 45.2. The molecule has 0 aliphatic heterocycles. The van der Waals surface area contributed by atoms with Crippen molar-refractivity contribution in [3.8, 4) is 40.0 Å². The normalized spacial score (nSPS) is 11.2. The van der Waals surface area contributed by atoms with Crippen LogP contribution in [0.2, 0.25) is 0 Å². The molecule has 0 bridgehead atoms. The number of carbonyl (C=O) groups is 4. The van der Waals surface area contributed by atoms with Gasteiger partial charge in [-0.2, -0.15) is 0 Å². The van der Waals surface area contributed by atoms with Crippen LogP contribution >= 0.6 is 0 Å². The average Bonchev–Trinajstić information content (AvgIpc) is 0.791. The predicted molar refractivity (Wildman–Crippen MR) is 507 cm³/mol. The van der Waals surface area contributed by atoms with Gasteiger partial charge in [0, 0.05) is 76.0 Å². The van der Waals surface area contributed by atoms with Crippen LogP contribution in [0.1, 0.15) is 56.7 Å². The van der Waals surface area contributed by atoms with E-state index < -0.39 is 5.97 Å². The van der Waals surface area contributed by atoms with E-state index >= 15 is 0 Å². The minimum Gasteiger partial charge on any atom is -0.497 e. The first-order valence-corrected chi connectivity index (χ1v) is 41.8. The molecule has 31 heteroatoms. The number of ether oxygens (including phenoxy) is 3. The van der Waals surface area contributed by atoms with Gasteiger partial charge in [-0.15, -0.1) is 0 Å². The molecule has 8 heterocycles. The highest BCUT2D eigenvalue weighted by Crippen LogP contribution is 2.25. The minimum atomic E-state index is -0.560. The Labute approximate surface area is 758 Å². The summed E-state index contributed by atoms with van der Waals surface area (Å²) in [6.45, 7) is 5.45. The molecule has 132 heavy (non-hydrogen) atoms. The number of hydrogen-bond donors (Lipinski definition) is 1. The van der Waals surface area contributed by atoms with Gasteiger partial charge in [0.25, 0.3) is 22.2 Å². The van der Waals surface area contributed by atoms with Crippen LogP contribution in [-0.4, -0.2) is 192 Å². The van der Waals surface area contributed by atoms with Gasteiger partial charge in [0.2, 0.25) is 5.91 Å². The molecule has 16 rings (SSSR count). The number of amides is 1. The summed E-state index contributed by atoms with van der Waals surface area (Å²) in [7, 11) is 14.9. The van der Waals surface area contributed by atoms with E-state index in [1.165, 1.54) is 49.1 Å². The number of hydrogen-bond acceptors (Lipinski definition) is 26. The van der Waals surface area contributed by atoms with Crippen LogP contribution in [0.3, 0.4) is 0 Å². The fourth-order valence-electron chi connectivity index (χ4n) is 13.5.